The molecule has 2 N–H and O–H groups in total. The molecular formula is C26H31IN4O3. The van der Waals surface area contributed by atoms with E-state index in [4.69, 9.17) is 14.1 Å². The van der Waals surface area contributed by atoms with Crippen LogP contribution in [0.4, 0.5) is 5.69 Å². The van der Waals surface area contributed by atoms with E-state index < -0.39 is 0 Å². The first-order chi connectivity index (χ1) is 16.2. The Balaban J connectivity index is 0.00000324. The van der Waals surface area contributed by atoms with Gasteiger partial charge < -0.3 is 24.7 Å². The van der Waals surface area contributed by atoms with Gasteiger partial charge in [0.25, 0.3) is 5.91 Å². The fourth-order valence-corrected chi connectivity index (χ4v) is 4.04. The molecule has 2 heterocycles. The molecule has 8 heteroatoms. The van der Waals surface area contributed by atoms with Crippen molar-refractivity contribution in [1.29, 1.82) is 0 Å². The number of carbonyl (C=O) groups excluding carboxylic acids is 1. The van der Waals surface area contributed by atoms with Crippen LogP contribution in [-0.2, 0) is 6.54 Å². The summed E-state index contributed by atoms with van der Waals surface area (Å²) in [5.74, 6) is 2.29. The Kier molecular flexibility index (Phi) is 9.38. The number of ether oxygens (including phenoxy) is 1. The number of anilines is 1. The van der Waals surface area contributed by atoms with E-state index in [1.807, 2.05) is 36.4 Å². The van der Waals surface area contributed by atoms with Crippen LogP contribution in [0.2, 0.25) is 0 Å². The van der Waals surface area contributed by atoms with Crippen LogP contribution in [0.25, 0.3) is 0 Å². The van der Waals surface area contributed by atoms with Gasteiger partial charge in [-0.2, -0.15) is 0 Å². The van der Waals surface area contributed by atoms with E-state index >= 15 is 0 Å². The number of nitrogens with zero attached hydrogens (tertiary/aromatic N) is 2. The molecule has 1 atom stereocenters. The second kappa shape index (κ2) is 12.5. The number of guanidine groups is 1. The monoisotopic (exact) mass is 574 g/mol. The summed E-state index contributed by atoms with van der Waals surface area (Å²) in [4.78, 5) is 19.4. The van der Waals surface area contributed by atoms with Crippen LogP contribution < -0.4 is 15.4 Å². The Labute approximate surface area is 217 Å². The number of methoxy groups -OCH3 is 1. The smallest absolute Gasteiger partial charge is 0.291 e. The van der Waals surface area contributed by atoms with Crippen molar-refractivity contribution >= 4 is 41.5 Å². The normalized spacial score (nSPS) is 15.5. The zero-order valence-electron chi connectivity index (χ0n) is 19.5. The number of benzene rings is 2. The molecule has 4 rings (SSSR count). The van der Waals surface area contributed by atoms with Crippen molar-refractivity contribution in [1.82, 2.24) is 10.2 Å². The van der Waals surface area contributed by atoms with Gasteiger partial charge in [-0.05, 0) is 60.9 Å². The summed E-state index contributed by atoms with van der Waals surface area (Å²) in [5.41, 5.74) is 3.07. The third kappa shape index (κ3) is 6.53. The van der Waals surface area contributed by atoms with E-state index in [9.17, 15) is 4.79 Å². The summed E-state index contributed by atoms with van der Waals surface area (Å²) in [7, 11) is 1.69. The second-order valence-electron chi connectivity index (χ2n) is 8.01. The molecule has 1 amide bonds. The summed E-state index contributed by atoms with van der Waals surface area (Å²) in [6.07, 6.45) is 2.57. The van der Waals surface area contributed by atoms with Crippen LogP contribution in [0.5, 0.6) is 5.75 Å². The van der Waals surface area contributed by atoms with Crippen LogP contribution >= 0.6 is 24.0 Å². The van der Waals surface area contributed by atoms with Crippen molar-refractivity contribution in [3.8, 4) is 5.75 Å². The first kappa shape index (κ1) is 25.6. The molecular weight excluding hydrogens is 543 g/mol. The van der Waals surface area contributed by atoms with Crippen molar-refractivity contribution in [2.45, 2.75) is 25.8 Å². The molecule has 0 radical (unpaired) electrons. The van der Waals surface area contributed by atoms with Crippen molar-refractivity contribution < 1.29 is 13.9 Å². The molecule has 3 aromatic rings. The van der Waals surface area contributed by atoms with Gasteiger partial charge in [0, 0.05) is 31.2 Å². The Morgan fingerprint density at radius 2 is 2.00 bits per heavy atom. The molecule has 2 aromatic carbocycles. The fraction of sp³-hybridized carbons (Fsp3) is 0.308. The van der Waals surface area contributed by atoms with E-state index in [1.54, 1.807) is 19.2 Å². The SMILES string of the molecule is CCNC(=NCc1cccc(NC(=O)c2ccco2)c1)N1CCC(c2ccc(OC)cc2)C1.I. The summed E-state index contributed by atoms with van der Waals surface area (Å²) in [6.45, 7) is 5.30. The highest BCUT2D eigenvalue weighted by Gasteiger charge is 2.26. The van der Waals surface area contributed by atoms with Gasteiger partial charge >= 0.3 is 0 Å². The van der Waals surface area contributed by atoms with Crippen molar-refractivity contribution in [2.24, 2.45) is 4.99 Å². The number of aliphatic imine (C=N–C) groups is 1. The predicted octanol–water partition coefficient (Wildman–Crippen LogP) is 5.11. The molecule has 1 unspecified atom stereocenters. The zero-order valence-corrected chi connectivity index (χ0v) is 21.8. The van der Waals surface area contributed by atoms with E-state index in [-0.39, 0.29) is 35.6 Å². The number of rotatable bonds is 7. The minimum absolute atomic E-state index is 0. The maximum Gasteiger partial charge on any atom is 0.291 e. The van der Waals surface area contributed by atoms with E-state index in [1.165, 1.54) is 11.8 Å². The van der Waals surface area contributed by atoms with E-state index in [2.05, 4.69) is 34.6 Å². The van der Waals surface area contributed by atoms with Gasteiger partial charge in [0.15, 0.2) is 11.7 Å². The fourth-order valence-electron chi connectivity index (χ4n) is 4.04. The van der Waals surface area contributed by atoms with Gasteiger partial charge in [-0.25, -0.2) is 4.99 Å². The Bertz CT molecular complexity index is 1080. The minimum atomic E-state index is -0.268. The molecule has 0 saturated carbocycles. The van der Waals surface area contributed by atoms with Crippen molar-refractivity contribution in [2.75, 3.05) is 32.1 Å². The first-order valence-electron chi connectivity index (χ1n) is 11.3. The molecule has 1 aliphatic heterocycles. The van der Waals surface area contributed by atoms with Crippen LogP contribution in [0.15, 0.2) is 76.3 Å². The third-order valence-corrected chi connectivity index (χ3v) is 5.75. The second-order valence-corrected chi connectivity index (χ2v) is 8.01. The summed E-state index contributed by atoms with van der Waals surface area (Å²) < 4.78 is 10.4. The van der Waals surface area contributed by atoms with Crippen LogP contribution in [-0.4, -0.2) is 43.5 Å². The zero-order chi connectivity index (χ0) is 23.0. The number of nitrogens with one attached hydrogen (secondary N) is 2. The molecule has 0 aliphatic carbocycles. The van der Waals surface area contributed by atoms with Gasteiger partial charge in [-0.15, -0.1) is 24.0 Å². The van der Waals surface area contributed by atoms with Crippen LogP contribution in [0, 0.1) is 0 Å². The van der Waals surface area contributed by atoms with E-state index in [0.717, 1.165) is 49.0 Å². The highest BCUT2D eigenvalue weighted by atomic mass is 127. The summed E-state index contributed by atoms with van der Waals surface area (Å²) in [5, 5.41) is 6.29. The molecule has 1 fully saturated rings. The molecule has 0 spiro atoms. The van der Waals surface area contributed by atoms with Gasteiger partial charge in [0.1, 0.15) is 5.75 Å². The van der Waals surface area contributed by atoms with Crippen LogP contribution in [0.1, 0.15) is 40.9 Å². The van der Waals surface area contributed by atoms with Crippen molar-refractivity contribution in [3.63, 3.8) is 0 Å². The number of amides is 1. The van der Waals surface area contributed by atoms with E-state index in [0.29, 0.717) is 12.5 Å². The lowest BCUT2D eigenvalue weighted by molar-refractivity contribution is 0.0996. The average Bonchev–Trinajstić information content (AvgIpc) is 3.55. The number of hydrogen-bond acceptors (Lipinski definition) is 4. The number of halogens is 1. The number of carbonyl (C=O) groups is 1. The molecule has 180 valence electrons. The highest BCUT2D eigenvalue weighted by Crippen LogP contribution is 2.28. The Morgan fingerprint density at radius 1 is 1.18 bits per heavy atom. The Hall–Kier alpha value is -3.01. The number of hydrogen-bond donors (Lipinski definition) is 2. The number of furan rings is 1. The topological polar surface area (TPSA) is 79.1 Å². The maximum absolute atomic E-state index is 12.2. The van der Waals surface area contributed by atoms with Gasteiger partial charge in [0.05, 0.1) is 19.9 Å². The molecule has 34 heavy (non-hydrogen) atoms. The lowest BCUT2D eigenvalue weighted by atomic mass is 9.98. The Morgan fingerprint density at radius 3 is 2.71 bits per heavy atom. The maximum atomic E-state index is 12.2. The largest absolute Gasteiger partial charge is 0.497 e. The summed E-state index contributed by atoms with van der Waals surface area (Å²) >= 11 is 0. The first-order valence-corrected chi connectivity index (χ1v) is 11.3. The highest BCUT2D eigenvalue weighted by molar-refractivity contribution is 14.0. The van der Waals surface area contributed by atoms with Gasteiger partial charge in [-0.1, -0.05) is 24.3 Å². The third-order valence-electron chi connectivity index (χ3n) is 5.75. The van der Waals surface area contributed by atoms with Gasteiger partial charge in [-0.3, -0.25) is 4.79 Å². The lowest BCUT2D eigenvalue weighted by Gasteiger charge is -2.22. The standard InChI is InChI=1S/C26H30N4O3.HI/c1-3-27-26(30-14-13-21(18-30)20-9-11-23(32-2)12-10-20)28-17-19-6-4-7-22(16-19)29-25(31)24-8-5-15-33-24;/h4-12,15-16,21H,3,13-14,17-18H2,1-2H3,(H,27,28)(H,29,31);1H. The quantitative estimate of drug-likeness (QED) is 0.233. The number of likely N-dealkylation sites (tertiary alicyclic amines) is 1. The van der Waals surface area contributed by atoms with Crippen LogP contribution in [0.3, 0.4) is 0 Å². The average molecular weight is 574 g/mol. The molecule has 0 bridgehead atoms. The molecule has 7 nitrogen and oxygen atoms in total. The van der Waals surface area contributed by atoms with Crippen molar-refractivity contribution in [3.05, 3.63) is 83.8 Å². The lowest BCUT2D eigenvalue weighted by Crippen LogP contribution is -2.40. The predicted molar refractivity (Wildman–Crippen MR) is 145 cm³/mol. The molecule has 1 aromatic heterocycles. The summed E-state index contributed by atoms with van der Waals surface area (Å²) in [6, 6.07) is 19.4. The minimum Gasteiger partial charge on any atom is -0.497 e. The molecule has 1 saturated heterocycles. The van der Waals surface area contributed by atoms with Gasteiger partial charge in [0.2, 0.25) is 0 Å². The molecule has 1 aliphatic rings.